The molecule has 9 heteroatoms. The van der Waals surface area contributed by atoms with E-state index in [9.17, 15) is 13.2 Å². The summed E-state index contributed by atoms with van der Waals surface area (Å²) >= 11 is 0. The number of hydrogen-bond donors (Lipinski definition) is 2. The first kappa shape index (κ1) is 13.6. The molecule has 1 amide bonds. The maximum Gasteiger partial charge on any atom is 0.237 e. The van der Waals surface area contributed by atoms with Crippen molar-refractivity contribution in [2.45, 2.75) is 19.0 Å². The first-order valence-corrected chi connectivity index (χ1v) is 6.91. The number of nitrogens with two attached hydrogens (primary N) is 1. The summed E-state index contributed by atoms with van der Waals surface area (Å²) in [5, 5.41) is 5.97. The van der Waals surface area contributed by atoms with Crippen molar-refractivity contribution < 1.29 is 17.7 Å². The van der Waals surface area contributed by atoms with Gasteiger partial charge in [0, 0.05) is 6.26 Å². The Morgan fingerprint density at radius 2 is 2.35 bits per heavy atom. The average molecular weight is 262 g/mol. The molecule has 0 bridgehead atoms. The van der Waals surface area contributed by atoms with Gasteiger partial charge in [0.25, 0.3) is 0 Å². The highest BCUT2D eigenvalue weighted by molar-refractivity contribution is 7.90. The van der Waals surface area contributed by atoms with E-state index in [1.807, 2.05) is 0 Å². The number of rotatable bonds is 6. The smallest absolute Gasteiger partial charge is 0.237 e. The van der Waals surface area contributed by atoms with Gasteiger partial charge in [-0.1, -0.05) is 5.16 Å². The third-order valence-corrected chi connectivity index (χ3v) is 2.94. The predicted molar refractivity (Wildman–Crippen MR) is 58.4 cm³/mol. The Morgan fingerprint density at radius 3 is 2.88 bits per heavy atom. The van der Waals surface area contributed by atoms with Gasteiger partial charge in [0.1, 0.15) is 9.84 Å². The van der Waals surface area contributed by atoms with Gasteiger partial charge in [-0.3, -0.25) is 4.79 Å². The summed E-state index contributed by atoms with van der Waals surface area (Å²) in [4.78, 5) is 15.1. The molecule has 0 spiro atoms. The Bertz CT molecular complexity index is 456. The van der Waals surface area contributed by atoms with Gasteiger partial charge in [-0.15, -0.1) is 0 Å². The minimum atomic E-state index is -3.11. The number of amides is 1. The van der Waals surface area contributed by atoms with Crippen LogP contribution in [0.15, 0.2) is 10.9 Å². The van der Waals surface area contributed by atoms with Crippen molar-refractivity contribution in [3.8, 4) is 0 Å². The van der Waals surface area contributed by atoms with E-state index in [2.05, 4.69) is 20.0 Å². The molecule has 1 atom stereocenters. The molecule has 1 heterocycles. The molecule has 0 aromatic carbocycles. The monoisotopic (exact) mass is 262 g/mol. The number of aromatic nitrogens is 2. The fourth-order valence-electron chi connectivity index (χ4n) is 1.04. The van der Waals surface area contributed by atoms with Crippen LogP contribution in [-0.2, 0) is 21.2 Å². The third kappa shape index (κ3) is 5.41. The van der Waals surface area contributed by atoms with E-state index >= 15 is 0 Å². The number of sulfone groups is 1. The van der Waals surface area contributed by atoms with Crippen molar-refractivity contribution in [1.29, 1.82) is 0 Å². The Labute approximate surface area is 98.5 Å². The van der Waals surface area contributed by atoms with Crippen LogP contribution in [0, 0.1) is 0 Å². The van der Waals surface area contributed by atoms with Crippen molar-refractivity contribution in [2.75, 3.05) is 12.0 Å². The number of carbonyl (C=O) groups excluding carboxylic acids is 1. The van der Waals surface area contributed by atoms with Gasteiger partial charge in [-0.25, -0.2) is 8.42 Å². The lowest BCUT2D eigenvalue weighted by molar-refractivity contribution is -0.122. The van der Waals surface area contributed by atoms with E-state index in [1.54, 1.807) is 0 Å². The molecular formula is C8H14N4O4S. The summed E-state index contributed by atoms with van der Waals surface area (Å²) in [5.74, 6) is -0.240. The lowest BCUT2D eigenvalue weighted by atomic mass is 10.2. The summed E-state index contributed by atoms with van der Waals surface area (Å²) in [6.07, 6.45) is 2.32. The van der Waals surface area contributed by atoms with Crippen molar-refractivity contribution >= 4 is 15.7 Å². The maximum atomic E-state index is 11.4. The summed E-state index contributed by atoms with van der Waals surface area (Å²) in [5.41, 5.74) is 5.52. The minimum absolute atomic E-state index is 0.0803. The van der Waals surface area contributed by atoms with Crippen LogP contribution in [0.2, 0.25) is 0 Å². The van der Waals surface area contributed by atoms with Gasteiger partial charge >= 0.3 is 0 Å². The molecule has 0 fully saturated rings. The molecule has 1 aromatic rings. The molecule has 0 aliphatic carbocycles. The van der Waals surface area contributed by atoms with Gasteiger partial charge in [-0.05, 0) is 6.42 Å². The molecule has 1 rings (SSSR count). The zero-order valence-corrected chi connectivity index (χ0v) is 10.1. The fourth-order valence-corrected chi connectivity index (χ4v) is 1.72. The summed E-state index contributed by atoms with van der Waals surface area (Å²) in [6.45, 7) is 0.0991. The van der Waals surface area contributed by atoms with Crippen molar-refractivity contribution in [3.63, 3.8) is 0 Å². The van der Waals surface area contributed by atoms with Crippen LogP contribution in [0.25, 0.3) is 0 Å². The standard InChI is InChI=1S/C8H14N4O4S/c1-17(14,15)3-2-6(9)8(13)10-4-7-11-5-16-12-7/h5-6H,2-4,9H2,1H3,(H,10,13). The maximum absolute atomic E-state index is 11.4. The zero-order valence-electron chi connectivity index (χ0n) is 9.29. The highest BCUT2D eigenvalue weighted by Crippen LogP contribution is 1.95. The number of carbonyl (C=O) groups is 1. The normalized spacial score (nSPS) is 13.3. The molecule has 8 nitrogen and oxygen atoms in total. The lowest BCUT2D eigenvalue weighted by Gasteiger charge is -2.10. The molecule has 1 unspecified atom stereocenters. The fraction of sp³-hybridized carbons (Fsp3) is 0.625. The Kier molecular flexibility index (Phi) is 4.58. The van der Waals surface area contributed by atoms with Gasteiger partial charge in [0.05, 0.1) is 18.3 Å². The molecule has 0 saturated heterocycles. The summed E-state index contributed by atoms with van der Waals surface area (Å²) in [6, 6.07) is -0.864. The van der Waals surface area contributed by atoms with E-state index in [0.717, 1.165) is 12.6 Å². The van der Waals surface area contributed by atoms with Crippen molar-refractivity contribution in [3.05, 3.63) is 12.2 Å². The largest absolute Gasteiger partial charge is 0.347 e. The second-order valence-electron chi connectivity index (χ2n) is 3.59. The molecule has 0 radical (unpaired) electrons. The zero-order chi connectivity index (χ0) is 12.9. The highest BCUT2D eigenvalue weighted by atomic mass is 32.2. The van der Waals surface area contributed by atoms with E-state index in [1.165, 1.54) is 0 Å². The van der Waals surface area contributed by atoms with Gasteiger partial charge in [0.2, 0.25) is 12.3 Å². The van der Waals surface area contributed by atoms with Crippen LogP contribution in [0.1, 0.15) is 12.2 Å². The van der Waals surface area contributed by atoms with E-state index in [4.69, 9.17) is 5.73 Å². The van der Waals surface area contributed by atoms with Gasteiger partial charge in [-0.2, -0.15) is 4.98 Å². The van der Waals surface area contributed by atoms with Crippen molar-refractivity contribution in [2.24, 2.45) is 5.73 Å². The van der Waals surface area contributed by atoms with E-state index < -0.39 is 21.8 Å². The van der Waals surface area contributed by atoms with Crippen molar-refractivity contribution in [1.82, 2.24) is 15.5 Å². The number of nitrogens with one attached hydrogen (secondary N) is 1. The Morgan fingerprint density at radius 1 is 1.65 bits per heavy atom. The molecule has 96 valence electrons. The number of nitrogens with zero attached hydrogens (tertiary/aromatic N) is 2. The van der Waals surface area contributed by atoms with E-state index in [0.29, 0.717) is 5.82 Å². The molecule has 0 saturated carbocycles. The Balaban J connectivity index is 2.32. The van der Waals surface area contributed by atoms with Crippen LogP contribution < -0.4 is 11.1 Å². The average Bonchev–Trinajstić information content (AvgIpc) is 2.74. The van der Waals surface area contributed by atoms with Crippen LogP contribution in [0.4, 0.5) is 0 Å². The molecule has 3 N–H and O–H groups in total. The predicted octanol–water partition coefficient (Wildman–Crippen LogP) is -1.55. The molecule has 0 aliphatic heterocycles. The van der Waals surface area contributed by atoms with Crippen LogP contribution in [0.3, 0.4) is 0 Å². The van der Waals surface area contributed by atoms with Crippen LogP contribution in [-0.4, -0.2) is 42.5 Å². The highest BCUT2D eigenvalue weighted by Gasteiger charge is 2.16. The Hall–Kier alpha value is -1.48. The molecule has 0 aliphatic rings. The molecule has 1 aromatic heterocycles. The minimum Gasteiger partial charge on any atom is -0.347 e. The van der Waals surface area contributed by atoms with Crippen LogP contribution in [0.5, 0.6) is 0 Å². The van der Waals surface area contributed by atoms with E-state index in [-0.39, 0.29) is 18.7 Å². The van der Waals surface area contributed by atoms with Gasteiger partial charge < -0.3 is 15.6 Å². The second kappa shape index (κ2) is 5.73. The molecule has 17 heavy (non-hydrogen) atoms. The first-order chi connectivity index (χ1) is 7.88. The number of hydrogen-bond acceptors (Lipinski definition) is 7. The van der Waals surface area contributed by atoms with Crippen LogP contribution >= 0.6 is 0 Å². The topological polar surface area (TPSA) is 128 Å². The first-order valence-electron chi connectivity index (χ1n) is 4.85. The summed E-state index contributed by atoms with van der Waals surface area (Å²) in [7, 11) is -3.11. The second-order valence-corrected chi connectivity index (χ2v) is 5.85. The SMILES string of the molecule is CS(=O)(=O)CCC(N)C(=O)NCc1ncon1. The third-order valence-electron chi connectivity index (χ3n) is 1.96. The quantitative estimate of drug-likeness (QED) is 0.634. The summed E-state index contributed by atoms with van der Waals surface area (Å²) < 4.78 is 26.2. The van der Waals surface area contributed by atoms with Gasteiger partial charge in [0.15, 0.2) is 5.82 Å². The molecular weight excluding hydrogens is 248 g/mol. The lowest BCUT2D eigenvalue weighted by Crippen LogP contribution is -2.41.